The van der Waals surface area contributed by atoms with Crippen LogP contribution in [0.25, 0.3) is 22.1 Å². The molecule has 0 bridgehead atoms. The summed E-state index contributed by atoms with van der Waals surface area (Å²) in [6.07, 6.45) is 11.8. The first-order chi connectivity index (χ1) is 11.1. The van der Waals surface area contributed by atoms with Crippen molar-refractivity contribution in [2.75, 3.05) is 13.3 Å². The maximum atomic E-state index is 11.7. The quantitative estimate of drug-likeness (QED) is 0.802. The molecule has 0 radical (unpaired) electrons. The highest BCUT2D eigenvalue weighted by molar-refractivity contribution is 7.81. The molecule has 1 N–H and O–H groups in total. The molecule has 3 aromatic rings. The van der Waals surface area contributed by atoms with Gasteiger partial charge in [0, 0.05) is 37.0 Å². The smallest absolute Gasteiger partial charge is 0.139 e. The van der Waals surface area contributed by atoms with Gasteiger partial charge in [-0.25, -0.2) is 18.5 Å². The van der Waals surface area contributed by atoms with Crippen LogP contribution in [0.4, 0.5) is 0 Å². The Morgan fingerprint density at radius 2 is 2.09 bits per heavy atom. The Bertz CT molecular complexity index is 862. The molecule has 23 heavy (non-hydrogen) atoms. The molecule has 122 valence electrons. The molecule has 3 aromatic heterocycles. The lowest BCUT2D eigenvalue weighted by Gasteiger charge is -2.33. The summed E-state index contributed by atoms with van der Waals surface area (Å²) in [5, 5.41) is 1.13. The summed E-state index contributed by atoms with van der Waals surface area (Å²) in [5.41, 5.74) is 3.03. The zero-order valence-electron chi connectivity index (χ0n) is 13.4. The summed E-state index contributed by atoms with van der Waals surface area (Å²) in [6, 6.07) is 2.94. The van der Waals surface area contributed by atoms with Crippen LogP contribution >= 0.6 is 0 Å². The third kappa shape index (κ3) is 2.48. The van der Waals surface area contributed by atoms with E-state index in [2.05, 4.69) is 25.6 Å². The number of aromatic amines is 1. The second-order valence-corrected chi connectivity index (χ2v) is 7.74. The molecule has 1 aliphatic rings. The number of imidazole rings is 1. The molecule has 1 aliphatic carbocycles. The molecule has 0 amide bonds. The van der Waals surface area contributed by atoms with E-state index >= 15 is 0 Å². The first-order valence-electron chi connectivity index (χ1n) is 8.00. The van der Waals surface area contributed by atoms with Gasteiger partial charge in [-0.1, -0.05) is 0 Å². The normalized spacial score (nSPS) is 23.8. The van der Waals surface area contributed by atoms with Gasteiger partial charge >= 0.3 is 0 Å². The van der Waals surface area contributed by atoms with Crippen molar-refractivity contribution < 1.29 is 4.21 Å². The van der Waals surface area contributed by atoms with Gasteiger partial charge in [0.05, 0.1) is 29.0 Å². The van der Waals surface area contributed by atoms with Crippen molar-refractivity contribution >= 4 is 33.1 Å². The number of aromatic nitrogens is 4. The topological polar surface area (TPSA) is 66.8 Å². The van der Waals surface area contributed by atoms with Crippen molar-refractivity contribution in [1.82, 2.24) is 23.8 Å². The monoisotopic (exact) mass is 331 g/mol. The Morgan fingerprint density at radius 3 is 2.83 bits per heavy atom. The zero-order chi connectivity index (χ0) is 16.0. The van der Waals surface area contributed by atoms with Crippen LogP contribution in [-0.4, -0.2) is 47.4 Å². The van der Waals surface area contributed by atoms with E-state index in [1.807, 2.05) is 30.1 Å². The van der Waals surface area contributed by atoms with Crippen molar-refractivity contribution in [3.05, 3.63) is 24.8 Å². The van der Waals surface area contributed by atoms with Crippen LogP contribution in [0.1, 0.15) is 31.7 Å². The number of fused-ring (bicyclic) bond motifs is 3. The molecule has 1 unspecified atom stereocenters. The molecule has 0 aromatic carbocycles. The van der Waals surface area contributed by atoms with Crippen molar-refractivity contribution in [3.8, 4) is 0 Å². The van der Waals surface area contributed by atoms with Gasteiger partial charge in [0.15, 0.2) is 0 Å². The van der Waals surface area contributed by atoms with E-state index in [0.717, 1.165) is 42.2 Å². The molecule has 0 saturated heterocycles. The second-order valence-electron chi connectivity index (χ2n) is 6.32. The van der Waals surface area contributed by atoms with Crippen molar-refractivity contribution in [1.29, 1.82) is 0 Å². The van der Waals surface area contributed by atoms with E-state index in [9.17, 15) is 4.21 Å². The van der Waals surface area contributed by atoms with Gasteiger partial charge in [-0.2, -0.15) is 0 Å². The molecular formula is C16H21N5OS. The Balaban J connectivity index is 1.63. The zero-order valence-corrected chi connectivity index (χ0v) is 14.2. The van der Waals surface area contributed by atoms with Crippen molar-refractivity contribution in [3.63, 3.8) is 0 Å². The number of nitrogens with zero attached hydrogens (tertiary/aromatic N) is 4. The number of hydrogen-bond acceptors (Lipinski definition) is 3. The highest BCUT2D eigenvalue weighted by Crippen LogP contribution is 2.34. The summed E-state index contributed by atoms with van der Waals surface area (Å²) in [6.45, 7) is 0. The summed E-state index contributed by atoms with van der Waals surface area (Å²) in [5.74, 6) is 0. The van der Waals surface area contributed by atoms with Gasteiger partial charge < -0.3 is 9.55 Å². The van der Waals surface area contributed by atoms with E-state index in [4.69, 9.17) is 0 Å². The van der Waals surface area contributed by atoms with Crippen LogP contribution in [0.2, 0.25) is 0 Å². The third-order valence-electron chi connectivity index (χ3n) is 5.10. The largest absolute Gasteiger partial charge is 0.346 e. The summed E-state index contributed by atoms with van der Waals surface area (Å²) in [7, 11) is 1.07. The lowest BCUT2D eigenvalue weighted by Crippen LogP contribution is -2.36. The molecule has 7 heteroatoms. The molecule has 1 saturated carbocycles. The number of H-pyrrole nitrogens is 1. The first kappa shape index (κ1) is 14.8. The average molecular weight is 331 g/mol. The Labute approximate surface area is 137 Å². The van der Waals surface area contributed by atoms with Crippen LogP contribution in [0.5, 0.6) is 0 Å². The molecule has 1 fully saturated rings. The van der Waals surface area contributed by atoms with Gasteiger partial charge in [0.1, 0.15) is 11.2 Å². The molecule has 0 aliphatic heterocycles. The van der Waals surface area contributed by atoms with E-state index in [0.29, 0.717) is 12.1 Å². The van der Waals surface area contributed by atoms with E-state index in [1.54, 1.807) is 6.26 Å². The highest BCUT2D eigenvalue weighted by Gasteiger charge is 2.27. The van der Waals surface area contributed by atoms with Crippen LogP contribution in [0.15, 0.2) is 24.8 Å². The first-order valence-corrected chi connectivity index (χ1v) is 9.51. The number of pyridine rings is 1. The van der Waals surface area contributed by atoms with Gasteiger partial charge in [-0.15, -0.1) is 0 Å². The van der Waals surface area contributed by atoms with Crippen LogP contribution < -0.4 is 0 Å². The highest BCUT2D eigenvalue weighted by atomic mass is 32.2. The SMILES string of the molecule is CN(C1CCC(n2cnc3cnc4[nH]ccc4c32)CC1)S(C)=O. The molecule has 3 heterocycles. The summed E-state index contributed by atoms with van der Waals surface area (Å²) >= 11 is 0. The van der Waals surface area contributed by atoms with Gasteiger partial charge in [0.2, 0.25) is 0 Å². The predicted octanol–water partition coefficient (Wildman–Crippen LogP) is 2.62. The fraction of sp³-hybridized carbons (Fsp3) is 0.500. The molecule has 4 rings (SSSR count). The van der Waals surface area contributed by atoms with Gasteiger partial charge in [0.25, 0.3) is 0 Å². The third-order valence-corrected chi connectivity index (χ3v) is 6.21. The van der Waals surface area contributed by atoms with Crippen LogP contribution in [-0.2, 0) is 11.0 Å². The fourth-order valence-corrected chi connectivity index (χ4v) is 4.35. The van der Waals surface area contributed by atoms with Gasteiger partial charge in [-0.3, -0.25) is 0 Å². The lowest BCUT2D eigenvalue weighted by atomic mass is 9.91. The molecule has 1 atom stereocenters. The number of hydrogen-bond donors (Lipinski definition) is 1. The standard InChI is InChI=1S/C16H21N5OS/c1-20(23(2)22)11-3-5-12(6-4-11)21-10-19-14-9-18-16-13(15(14)21)7-8-17-16/h7-12H,3-6H2,1-2H3,(H,17,18). The summed E-state index contributed by atoms with van der Waals surface area (Å²) in [4.78, 5) is 12.1. The Morgan fingerprint density at radius 1 is 1.30 bits per heavy atom. The lowest BCUT2D eigenvalue weighted by molar-refractivity contribution is 0.246. The molecule has 6 nitrogen and oxygen atoms in total. The fourth-order valence-electron chi connectivity index (χ4n) is 3.72. The van der Waals surface area contributed by atoms with E-state index in [1.165, 1.54) is 5.52 Å². The van der Waals surface area contributed by atoms with Crippen molar-refractivity contribution in [2.24, 2.45) is 0 Å². The summed E-state index contributed by atoms with van der Waals surface area (Å²) < 4.78 is 16.0. The Kier molecular flexibility index (Phi) is 3.69. The second kappa shape index (κ2) is 5.72. The van der Waals surface area contributed by atoms with Crippen LogP contribution in [0.3, 0.4) is 0 Å². The minimum Gasteiger partial charge on any atom is -0.346 e. The average Bonchev–Trinajstić information content (AvgIpc) is 3.20. The maximum Gasteiger partial charge on any atom is 0.139 e. The Hall–Kier alpha value is -1.73. The minimum absolute atomic E-state index is 0.417. The van der Waals surface area contributed by atoms with Gasteiger partial charge in [-0.05, 0) is 31.7 Å². The molecule has 0 spiro atoms. The number of nitrogens with one attached hydrogen (secondary N) is 1. The number of rotatable bonds is 3. The van der Waals surface area contributed by atoms with Crippen molar-refractivity contribution in [2.45, 2.75) is 37.8 Å². The predicted molar refractivity (Wildman–Crippen MR) is 92.5 cm³/mol. The van der Waals surface area contributed by atoms with Crippen LogP contribution in [0, 0.1) is 0 Å². The molecular weight excluding hydrogens is 310 g/mol. The maximum absolute atomic E-state index is 11.7. The van der Waals surface area contributed by atoms with E-state index in [-0.39, 0.29) is 0 Å². The van der Waals surface area contributed by atoms with E-state index < -0.39 is 11.0 Å². The minimum atomic E-state index is -0.889.